The number of carbonyl (C=O) groups is 1. The Hall–Kier alpha value is -1.35. The molecule has 2 aromatic heterocycles. The summed E-state index contributed by atoms with van der Waals surface area (Å²) in [6.45, 7) is 1.97. The second-order valence-corrected chi connectivity index (χ2v) is 3.74. The first-order valence-electron chi connectivity index (χ1n) is 3.89. The van der Waals surface area contributed by atoms with Crippen molar-refractivity contribution in [1.29, 1.82) is 0 Å². The minimum Gasteiger partial charge on any atom is -0.472 e. The Morgan fingerprint density at radius 3 is 2.92 bits per heavy atom. The van der Waals surface area contributed by atoms with Gasteiger partial charge in [0.05, 0.1) is 16.7 Å². The van der Waals surface area contributed by atoms with E-state index in [4.69, 9.17) is 4.42 Å². The summed E-state index contributed by atoms with van der Waals surface area (Å²) >= 11 is 1.46. The van der Waals surface area contributed by atoms with E-state index in [2.05, 4.69) is 0 Å². The van der Waals surface area contributed by atoms with Crippen LogP contribution in [0.5, 0.6) is 0 Å². The first-order chi connectivity index (χ1) is 6.27. The summed E-state index contributed by atoms with van der Waals surface area (Å²) in [5.74, 6) is 0.0341. The molecule has 3 heteroatoms. The molecule has 0 spiro atoms. The Labute approximate surface area is 79.8 Å². The third-order valence-corrected chi connectivity index (χ3v) is 2.78. The molecule has 0 aliphatic carbocycles. The van der Waals surface area contributed by atoms with Crippen molar-refractivity contribution in [3.8, 4) is 0 Å². The molecule has 2 aromatic rings. The topological polar surface area (TPSA) is 30.2 Å². The van der Waals surface area contributed by atoms with E-state index in [9.17, 15) is 4.79 Å². The molecule has 2 heterocycles. The lowest BCUT2D eigenvalue weighted by Gasteiger charge is -1.89. The Morgan fingerprint density at radius 2 is 2.38 bits per heavy atom. The SMILES string of the molecule is Cc1csc(C(=O)c2ccoc2)c1. The number of furan rings is 1. The van der Waals surface area contributed by atoms with Crippen LogP contribution in [0.15, 0.2) is 34.5 Å². The van der Waals surface area contributed by atoms with Gasteiger partial charge in [0.2, 0.25) is 5.78 Å². The quantitative estimate of drug-likeness (QED) is 0.685. The van der Waals surface area contributed by atoms with Crippen molar-refractivity contribution < 1.29 is 9.21 Å². The smallest absolute Gasteiger partial charge is 0.206 e. The van der Waals surface area contributed by atoms with E-state index in [-0.39, 0.29) is 5.78 Å². The third kappa shape index (κ3) is 1.55. The highest BCUT2D eigenvalue weighted by molar-refractivity contribution is 7.12. The second kappa shape index (κ2) is 3.18. The Bertz CT molecular complexity index is 412. The van der Waals surface area contributed by atoms with Crippen molar-refractivity contribution >= 4 is 17.1 Å². The van der Waals surface area contributed by atoms with E-state index in [0.717, 1.165) is 10.4 Å². The van der Waals surface area contributed by atoms with Gasteiger partial charge in [-0.05, 0) is 30.0 Å². The summed E-state index contributed by atoms with van der Waals surface area (Å²) in [5.41, 5.74) is 1.73. The number of carbonyl (C=O) groups excluding carboxylic acids is 1. The van der Waals surface area contributed by atoms with Crippen LogP contribution in [0.3, 0.4) is 0 Å². The Kier molecular flexibility index (Phi) is 2.02. The summed E-state index contributed by atoms with van der Waals surface area (Å²) in [4.78, 5) is 12.4. The van der Waals surface area contributed by atoms with Crippen molar-refractivity contribution in [3.05, 3.63) is 46.0 Å². The van der Waals surface area contributed by atoms with Gasteiger partial charge in [-0.25, -0.2) is 0 Å². The van der Waals surface area contributed by atoms with Crippen LogP contribution in [-0.4, -0.2) is 5.78 Å². The molecule has 0 saturated carbocycles. The molecular formula is C10H8O2S. The molecule has 0 N–H and O–H groups in total. The maximum absolute atomic E-state index is 11.7. The molecule has 0 unspecified atom stereocenters. The molecule has 0 aliphatic heterocycles. The molecule has 2 nitrogen and oxygen atoms in total. The second-order valence-electron chi connectivity index (χ2n) is 2.83. The van der Waals surface area contributed by atoms with Crippen LogP contribution in [0.2, 0.25) is 0 Å². The zero-order valence-corrected chi connectivity index (χ0v) is 7.93. The van der Waals surface area contributed by atoms with Gasteiger partial charge in [0, 0.05) is 0 Å². The van der Waals surface area contributed by atoms with Gasteiger partial charge in [-0.1, -0.05) is 0 Å². The predicted molar refractivity (Wildman–Crippen MR) is 51.2 cm³/mol. The van der Waals surface area contributed by atoms with E-state index in [1.54, 1.807) is 6.07 Å². The third-order valence-electron chi connectivity index (χ3n) is 1.74. The molecule has 0 saturated heterocycles. The fraction of sp³-hybridized carbons (Fsp3) is 0.100. The number of hydrogen-bond donors (Lipinski definition) is 0. The van der Waals surface area contributed by atoms with Crippen LogP contribution in [0, 0.1) is 6.92 Å². The van der Waals surface area contributed by atoms with Crippen LogP contribution in [0.1, 0.15) is 20.8 Å². The average molecular weight is 192 g/mol. The Balaban J connectivity index is 2.33. The van der Waals surface area contributed by atoms with Gasteiger partial charge in [0.25, 0.3) is 0 Å². The molecule has 2 rings (SSSR count). The monoisotopic (exact) mass is 192 g/mol. The standard InChI is InChI=1S/C10H8O2S/c1-7-4-9(13-6-7)10(11)8-2-3-12-5-8/h2-6H,1H3. The zero-order chi connectivity index (χ0) is 9.26. The Morgan fingerprint density at radius 1 is 1.54 bits per heavy atom. The lowest BCUT2D eigenvalue weighted by atomic mass is 10.2. The summed E-state index contributed by atoms with van der Waals surface area (Å²) in [5, 5.41) is 1.97. The largest absolute Gasteiger partial charge is 0.472 e. The average Bonchev–Trinajstić information content (AvgIpc) is 2.72. The highest BCUT2D eigenvalue weighted by Gasteiger charge is 2.11. The molecule has 0 bridgehead atoms. The maximum Gasteiger partial charge on any atom is 0.206 e. The molecule has 13 heavy (non-hydrogen) atoms. The van der Waals surface area contributed by atoms with Crippen LogP contribution in [-0.2, 0) is 0 Å². The van der Waals surface area contributed by atoms with Gasteiger partial charge in [-0.2, -0.15) is 0 Å². The fourth-order valence-electron chi connectivity index (χ4n) is 1.09. The summed E-state index contributed by atoms with van der Waals surface area (Å²) in [7, 11) is 0. The molecule has 0 aromatic carbocycles. The molecule has 0 aliphatic rings. The molecule has 0 radical (unpaired) electrons. The molecule has 0 amide bonds. The van der Waals surface area contributed by atoms with Crippen molar-refractivity contribution in [3.63, 3.8) is 0 Å². The van der Waals surface area contributed by atoms with E-state index in [0.29, 0.717) is 5.56 Å². The lowest BCUT2D eigenvalue weighted by molar-refractivity contribution is 0.104. The van der Waals surface area contributed by atoms with Gasteiger partial charge in [-0.15, -0.1) is 11.3 Å². The van der Waals surface area contributed by atoms with Gasteiger partial charge in [0.1, 0.15) is 6.26 Å². The maximum atomic E-state index is 11.7. The number of thiophene rings is 1. The predicted octanol–water partition coefficient (Wildman–Crippen LogP) is 2.88. The van der Waals surface area contributed by atoms with Crippen LogP contribution >= 0.6 is 11.3 Å². The van der Waals surface area contributed by atoms with Crippen molar-refractivity contribution in [1.82, 2.24) is 0 Å². The van der Waals surface area contributed by atoms with Crippen molar-refractivity contribution in [2.45, 2.75) is 6.92 Å². The summed E-state index contributed by atoms with van der Waals surface area (Å²) in [6, 6.07) is 3.57. The molecule has 66 valence electrons. The van der Waals surface area contributed by atoms with Gasteiger partial charge < -0.3 is 4.42 Å². The van der Waals surface area contributed by atoms with E-state index >= 15 is 0 Å². The first-order valence-corrected chi connectivity index (χ1v) is 4.77. The summed E-state index contributed by atoms with van der Waals surface area (Å²) in [6.07, 6.45) is 2.98. The van der Waals surface area contributed by atoms with E-state index in [1.165, 1.54) is 23.9 Å². The van der Waals surface area contributed by atoms with Crippen LogP contribution in [0.25, 0.3) is 0 Å². The fourth-order valence-corrected chi connectivity index (χ4v) is 1.95. The van der Waals surface area contributed by atoms with Crippen molar-refractivity contribution in [2.75, 3.05) is 0 Å². The number of ketones is 1. The minimum atomic E-state index is 0.0341. The van der Waals surface area contributed by atoms with Crippen LogP contribution < -0.4 is 0 Å². The number of rotatable bonds is 2. The summed E-state index contributed by atoms with van der Waals surface area (Å²) < 4.78 is 4.85. The lowest BCUT2D eigenvalue weighted by Crippen LogP contribution is -1.95. The van der Waals surface area contributed by atoms with Gasteiger partial charge in [0.15, 0.2) is 0 Å². The number of hydrogen-bond acceptors (Lipinski definition) is 3. The van der Waals surface area contributed by atoms with E-state index in [1.807, 2.05) is 18.4 Å². The van der Waals surface area contributed by atoms with Gasteiger partial charge >= 0.3 is 0 Å². The first kappa shape index (κ1) is 8.26. The highest BCUT2D eigenvalue weighted by atomic mass is 32.1. The van der Waals surface area contributed by atoms with Crippen LogP contribution in [0.4, 0.5) is 0 Å². The number of aryl methyl sites for hydroxylation is 1. The van der Waals surface area contributed by atoms with Crippen molar-refractivity contribution in [2.24, 2.45) is 0 Å². The van der Waals surface area contributed by atoms with Gasteiger partial charge in [-0.3, -0.25) is 4.79 Å². The highest BCUT2D eigenvalue weighted by Crippen LogP contribution is 2.18. The normalized spacial score (nSPS) is 10.2. The zero-order valence-electron chi connectivity index (χ0n) is 7.11. The minimum absolute atomic E-state index is 0.0341. The molecular weight excluding hydrogens is 184 g/mol. The molecule has 0 atom stereocenters. The molecule has 0 fully saturated rings. The van der Waals surface area contributed by atoms with E-state index < -0.39 is 0 Å².